The van der Waals surface area contributed by atoms with Gasteiger partial charge in [0, 0.05) is 12.5 Å². The van der Waals surface area contributed by atoms with Gasteiger partial charge in [0.15, 0.2) is 0 Å². The number of methoxy groups -OCH3 is 1. The Morgan fingerprint density at radius 2 is 2.00 bits per heavy atom. The van der Waals surface area contributed by atoms with Crippen molar-refractivity contribution in [1.82, 2.24) is 15.3 Å². The van der Waals surface area contributed by atoms with Crippen molar-refractivity contribution in [2.75, 3.05) is 13.7 Å². The molecule has 0 spiro atoms. The number of carbonyl (C=O) groups is 3. The molecule has 1 aliphatic rings. The third-order valence-electron chi connectivity index (χ3n) is 3.99. The van der Waals surface area contributed by atoms with Crippen LogP contribution in [0.15, 0.2) is 12.7 Å². The molecule has 1 aliphatic heterocycles. The Morgan fingerprint density at radius 3 is 2.43 bits per heavy atom. The Morgan fingerprint density at radius 1 is 1.39 bits per heavy atom. The highest BCUT2D eigenvalue weighted by molar-refractivity contribution is 7.15. The zero-order chi connectivity index (χ0) is 17.8. The molecule has 1 heterocycles. The molecule has 2 N–H and O–H groups in total. The van der Waals surface area contributed by atoms with Gasteiger partial charge in [-0.2, -0.15) is 0 Å². The lowest BCUT2D eigenvalue weighted by atomic mass is 9.85. The van der Waals surface area contributed by atoms with E-state index in [1.807, 2.05) is 20.8 Å². The molecule has 23 heavy (non-hydrogen) atoms. The number of nitrogens with zero attached hydrogens (tertiary/aromatic N) is 1. The molecule has 0 aromatic rings. The second-order valence-electron chi connectivity index (χ2n) is 6.60. The first-order valence-electron chi connectivity index (χ1n) is 7.45. The summed E-state index contributed by atoms with van der Waals surface area (Å²) in [4.78, 5) is 38.2. The topological polar surface area (TPSA) is 87.7 Å². The molecule has 0 radical (unpaired) electrons. The van der Waals surface area contributed by atoms with Crippen molar-refractivity contribution in [3.63, 3.8) is 0 Å². The Bertz CT molecular complexity index is 490. The average Bonchev–Trinajstić information content (AvgIpc) is 2.93. The molecule has 0 aromatic heterocycles. The van der Waals surface area contributed by atoms with Crippen molar-refractivity contribution in [3.8, 4) is 0 Å². The third-order valence-corrected chi connectivity index (χ3v) is 4.25. The smallest absolute Gasteiger partial charge is 0.329 e. The monoisotopic (exact) mass is 343 g/mol. The van der Waals surface area contributed by atoms with Crippen LogP contribution in [0.3, 0.4) is 0 Å². The van der Waals surface area contributed by atoms with Gasteiger partial charge in [-0.3, -0.25) is 4.79 Å². The molecule has 7 nitrogen and oxygen atoms in total. The van der Waals surface area contributed by atoms with E-state index >= 15 is 0 Å². The second kappa shape index (κ2) is 7.77. The zero-order valence-corrected chi connectivity index (χ0v) is 15.2. The summed E-state index contributed by atoms with van der Waals surface area (Å²) in [6.45, 7) is 9.72. The first kappa shape index (κ1) is 19.4. The summed E-state index contributed by atoms with van der Waals surface area (Å²) in [7, 11) is 3.38. The van der Waals surface area contributed by atoms with E-state index in [1.54, 1.807) is 6.08 Å². The van der Waals surface area contributed by atoms with Crippen molar-refractivity contribution >= 4 is 27.3 Å². The Balaban J connectivity index is 3.08. The largest absolute Gasteiger partial charge is 0.467 e. The number of amides is 3. The van der Waals surface area contributed by atoms with Gasteiger partial charge in [0.05, 0.1) is 7.11 Å². The van der Waals surface area contributed by atoms with Gasteiger partial charge in [-0.1, -0.05) is 26.8 Å². The van der Waals surface area contributed by atoms with Crippen molar-refractivity contribution in [1.29, 1.82) is 0 Å². The number of carbonyl (C=O) groups excluding carboxylic acids is 3. The van der Waals surface area contributed by atoms with Crippen LogP contribution in [0.1, 0.15) is 27.2 Å². The molecule has 0 saturated carbocycles. The quantitative estimate of drug-likeness (QED) is 0.454. The van der Waals surface area contributed by atoms with Crippen molar-refractivity contribution in [2.45, 2.75) is 39.3 Å². The lowest BCUT2D eigenvalue weighted by Gasteiger charge is -2.35. The van der Waals surface area contributed by atoms with E-state index in [4.69, 9.17) is 4.74 Å². The minimum atomic E-state index is -0.765. The number of esters is 1. The average molecular weight is 343 g/mol. The van der Waals surface area contributed by atoms with Gasteiger partial charge in [-0.05, 0) is 21.2 Å². The van der Waals surface area contributed by atoms with Gasteiger partial charge in [-0.25, -0.2) is 9.59 Å². The number of hydrogen-bond donors (Lipinski definition) is 2. The Hall–Kier alpha value is -1.62. The van der Waals surface area contributed by atoms with Gasteiger partial charge in [-0.15, -0.1) is 6.58 Å². The Labute approximate surface area is 139 Å². The van der Waals surface area contributed by atoms with E-state index in [-0.39, 0.29) is 11.8 Å². The first-order chi connectivity index (χ1) is 10.7. The standard InChI is InChI=1S/C15H26N3O4P/c1-6-9-7-8-18(10(9)13(20)22-5)12(19)11(15(2,3)4)16-14(21)17-23/h6,9-11H,1,7-8,23H2,2-5H3,(H2,16,17,21)/t9-,10-,11+/m0/s1. The zero-order valence-electron chi connectivity index (χ0n) is 14.1. The molecule has 3 amide bonds. The molecule has 130 valence electrons. The van der Waals surface area contributed by atoms with Crippen LogP contribution >= 0.6 is 9.39 Å². The van der Waals surface area contributed by atoms with Crippen LogP contribution in [0.25, 0.3) is 0 Å². The molecule has 1 fully saturated rings. The summed E-state index contributed by atoms with van der Waals surface area (Å²) in [5.74, 6) is -0.919. The van der Waals surface area contributed by atoms with E-state index in [9.17, 15) is 14.4 Å². The molecule has 0 aliphatic carbocycles. The number of ether oxygens (including phenoxy) is 1. The van der Waals surface area contributed by atoms with Gasteiger partial charge >= 0.3 is 12.0 Å². The molecular formula is C15H26N3O4P. The van der Waals surface area contributed by atoms with E-state index in [1.165, 1.54) is 12.0 Å². The van der Waals surface area contributed by atoms with Crippen LogP contribution < -0.4 is 10.4 Å². The number of likely N-dealkylation sites (tertiary alicyclic amines) is 1. The molecule has 1 saturated heterocycles. The fraction of sp³-hybridized carbons (Fsp3) is 0.667. The van der Waals surface area contributed by atoms with E-state index < -0.39 is 29.5 Å². The van der Waals surface area contributed by atoms with Gasteiger partial charge in [0.1, 0.15) is 12.1 Å². The number of rotatable bonds is 4. The molecule has 1 unspecified atom stereocenters. The lowest BCUT2D eigenvalue weighted by Crippen LogP contribution is -2.58. The summed E-state index contributed by atoms with van der Waals surface area (Å²) in [5.41, 5.74) is -0.513. The van der Waals surface area contributed by atoms with Crippen LogP contribution in [-0.4, -0.2) is 48.5 Å². The summed E-state index contributed by atoms with van der Waals surface area (Å²) in [6, 6.07) is -1.94. The predicted octanol–water partition coefficient (Wildman–Crippen LogP) is 1.07. The fourth-order valence-electron chi connectivity index (χ4n) is 2.72. The third kappa shape index (κ3) is 4.44. The minimum absolute atomic E-state index is 0.150. The highest BCUT2D eigenvalue weighted by atomic mass is 31.0. The van der Waals surface area contributed by atoms with E-state index in [0.29, 0.717) is 13.0 Å². The van der Waals surface area contributed by atoms with Crippen molar-refractivity contribution in [2.24, 2.45) is 11.3 Å². The molecule has 8 heteroatoms. The number of hydrogen-bond acceptors (Lipinski definition) is 4. The van der Waals surface area contributed by atoms with Crippen LogP contribution in [-0.2, 0) is 14.3 Å². The second-order valence-corrected chi connectivity index (χ2v) is 6.89. The van der Waals surface area contributed by atoms with Crippen LogP contribution in [0.2, 0.25) is 0 Å². The van der Waals surface area contributed by atoms with E-state index in [2.05, 4.69) is 26.4 Å². The first-order valence-corrected chi connectivity index (χ1v) is 8.03. The molecular weight excluding hydrogens is 317 g/mol. The predicted molar refractivity (Wildman–Crippen MR) is 90.4 cm³/mol. The van der Waals surface area contributed by atoms with Gasteiger partial charge in [0.2, 0.25) is 5.91 Å². The highest BCUT2D eigenvalue weighted by Gasteiger charge is 2.45. The van der Waals surface area contributed by atoms with Gasteiger partial charge < -0.3 is 20.0 Å². The lowest BCUT2D eigenvalue weighted by molar-refractivity contribution is -0.153. The normalized spacial score (nSPS) is 22.2. The summed E-state index contributed by atoms with van der Waals surface area (Å²) >= 11 is 0. The maximum atomic E-state index is 13.0. The van der Waals surface area contributed by atoms with Crippen molar-refractivity contribution < 1.29 is 19.1 Å². The maximum absolute atomic E-state index is 13.0. The fourth-order valence-corrected chi connectivity index (χ4v) is 2.80. The van der Waals surface area contributed by atoms with E-state index in [0.717, 1.165) is 0 Å². The minimum Gasteiger partial charge on any atom is -0.467 e. The summed E-state index contributed by atoms with van der Waals surface area (Å²) < 4.78 is 4.83. The highest BCUT2D eigenvalue weighted by Crippen LogP contribution is 2.30. The molecule has 0 bridgehead atoms. The number of nitrogens with one attached hydrogen (secondary N) is 2. The van der Waals surface area contributed by atoms with Crippen LogP contribution in [0.5, 0.6) is 0 Å². The molecule has 1 rings (SSSR count). The number of urea groups is 1. The van der Waals surface area contributed by atoms with Crippen molar-refractivity contribution in [3.05, 3.63) is 12.7 Å². The maximum Gasteiger partial charge on any atom is 0.329 e. The SMILES string of the molecule is C=C[C@H]1CCN(C(=O)[C@@H](NC(=O)NP)C(C)(C)C)[C@@H]1C(=O)OC. The summed E-state index contributed by atoms with van der Waals surface area (Å²) in [5, 5.41) is 5.02. The van der Waals surface area contributed by atoms with Crippen LogP contribution in [0.4, 0.5) is 4.79 Å². The van der Waals surface area contributed by atoms with Crippen LogP contribution in [0, 0.1) is 11.3 Å². The summed E-state index contributed by atoms with van der Waals surface area (Å²) in [6.07, 6.45) is 2.31. The van der Waals surface area contributed by atoms with Gasteiger partial charge in [0.25, 0.3) is 0 Å². The Kier molecular flexibility index (Phi) is 6.57. The molecule has 0 aromatic carbocycles. The molecule has 4 atom stereocenters.